The highest BCUT2D eigenvalue weighted by Crippen LogP contribution is 2.12. The SMILES string of the molecule is CC(=O)c1cccc(NC(=S)NC(=O)COc2cccc(C)c2)c1. The van der Waals surface area contributed by atoms with Crippen molar-refractivity contribution in [3.63, 3.8) is 0 Å². The van der Waals surface area contributed by atoms with E-state index in [9.17, 15) is 9.59 Å². The lowest BCUT2D eigenvalue weighted by atomic mass is 10.1. The van der Waals surface area contributed by atoms with Gasteiger partial charge in [0, 0.05) is 11.3 Å². The first kappa shape index (κ1) is 17.6. The van der Waals surface area contributed by atoms with Crippen molar-refractivity contribution in [2.24, 2.45) is 0 Å². The summed E-state index contributed by atoms with van der Waals surface area (Å²) in [5.41, 5.74) is 2.25. The van der Waals surface area contributed by atoms with E-state index < -0.39 is 0 Å². The molecule has 0 aliphatic carbocycles. The van der Waals surface area contributed by atoms with Crippen molar-refractivity contribution in [1.29, 1.82) is 0 Å². The highest BCUT2D eigenvalue weighted by molar-refractivity contribution is 7.80. The van der Waals surface area contributed by atoms with Crippen molar-refractivity contribution in [3.8, 4) is 5.75 Å². The summed E-state index contributed by atoms with van der Waals surface area (Å²) in [5, 5.41) is 5.55. The van der Waals surface area contributed by atoms with E-state index >= 15 is 0 Å². The molecule has 0 aromatic heterocycles. The molecule has 2 rings (SSSR count). The van der Waals surface area contributed by atoms with Crippen LogP contribution in [0.2, 0.25) is 0 Å². The summed E-state index contributed by atoms with van der Waals surface area (Å²) in [4.78, 5) is 23.2. The highest BCUT2D eigenvalue weighted by atomic mass is 32.1. The fourth-order valence-corrected chi connectivity index (χ4v) is 2.23. The van der Waals surface area contributed by atoms with Gasteiger partial charge in [0.15, 0.2) is 17.5 Å². The Morgan fingerprint density at radius 1 is 1.12 bits per heavy atom. The monoisotopic (exact) mass is 342 g/mol. The molecule has 6 heteroatoms. The Kier molecular flexibility index (Phi) is 6.03. The van der Waals surface area contributed by atoms with E-state index in [2.05, 4.69) is 10.6 Å². The van der Waals surface area contributed by atoms with Gasteiger partial charge in [-0.25, -0.2) is 0 Å². The number of ketones is 1. The molecular formula is C18H18N2O3S. The van der Waals surface area contributed by atoms with Gasteiger partial charge in [-0.2, -0.15) is 0 Å². The molecule has 1 amide bonds. The number of anilines is 1. The smallest absolute Gasteiger partial charge is 0.264 e. The summed E-state index contributed by atoms with van der Waals surface area (Å²) in [5.74, 6) is 0.218. The van der Waals surface area contributed by atoms with Gasteiger partial charge in [-0.1, -0.05) is 24.3 Å². The first-order valence-electron chi connectivity index (χ1n) is 7.35. The van der Waals surface area contributed by atoms with Crippen molar-refractivity contribution in [3.05, 3.63) is 59.7 Å². The molecule has 0 heterocycles. The molecule has 0 spiro atoms. The second-order valence-corrected chi connectivity index (χ2v) is 5.65. The van der Waals surface area contributed by atoms with E-state index in [1.165, 1.54) is 6.92 Å². The third kappa shape index (κ3) is 5.48. The van der Waals surface area contributed by atoms with Crippen LogP contribution in [0.25, 0.3) is 0 Å². The first-order chi connectivity index (χ1) is 11.4. The van der Waals surface area contributed by atoms with E-state index in [1.54, 1.807) is 30.3 Å². The minimum atomic E-state index is -0.364. The molecule has 0 atom stereocenters. The van der Waals surface area contributed by atoms with Crippen molar-refractivity contribution in [1.82, 2.24) is 5.32 Å². The van der Waals surface area contributed by atoms with Crippen LogP contribution in [-0.2, 0) is 4.79 Å². The molecule has 2 N–H and O–H groups in total. The second-order valence-electron chi connectivity index (χ2n) is 5.24. The number of hydrogen-bond acceptors (Lipinski definition) is 4. The lowest BCUT2D eigenvalue weighted by molar-refractivity contribution is -0.121. The largest absolute Gasteiger partial charge is 0.484 e. The average Bonchev–Trinajstić information content (AvgIpc) is 2.53. The maximum absolute atomic E-state index is 11.9. The van der Waals surface area contributed by atoms with Crippen molar-refractivity contribution in [2.45, 2.75) is 13.8 Å². The maximum atomic E-state index is 11.9. The van der Waals surface area contributed by atoms with Crippen LogP contribution in [0.1, 0.15) is 22.8 Å². The van der Waals surface area contributed by atoms with Gasteiger partial charge in [0.05, 0.1) is 0 Å². The van der Waals surface area contributed by atoms with E-state index in [1.807, 2.05) is 25.1 Å². The van der Waals surface area contributed by atoms with Gasteiger partial charge in [-0.3, -0.25) is 14.9 Å². The average molecular weight is 342 g/mol. The molecule has 24 heavy (non-hydrogen) atoms. The van der Waals surface area contributed by atoms with Crippen molar-refractivity contribution < 1.29 is 14.3 Å². The van der Waals surface area contributed by atoms with Crippen LogP contribution < -0.4 is 15.4 Å². The van der Waals surface area contributed by atoms with Crippen LogP contribution in [0.3, 0.4) is 0 Å². The van der Waals surface area contributed by atoms with E-state index in [4.69, 9.17) is 17.0 Å². The molecule has 0 aliphatic rings. The van der Waals surface area contributed by atoms with Crippen molar-refractivity contribution in [2.75, 3.05) is 11.9 Å². The van der Waals surface area contributed by atoms with Gasteiger partial charge in [-0.15, -0.1) is 0 Å². The maximum Gasteiger partial charge on any atom is 0.264 e. The van der Waals surface area contributed by atoms with Crippen LogP contribution in [0.4, 0.5) is 5.69 Å². The number of Topliss-reactive ketones (excluding diaryl/α,β-unsaturated/α-hetero) is 1. The number of carbonyl (C=O) groups is 2. The van der Waals surface area contributed by atoms with Gasteiger partial charge >= 0.3 is 0 Å². The number of ether oxygens (including phenoxy) is 1. The summed E-state index contributed by atoms with van der Waals surface area (Å²) < 4.78 is 5.41. The minimum Gasteiger partial charge on any atom is -0.484 e. The van der Waals surface area contributed by atoms with Crippen LogP contribution in [-0.4, -0.2) is 23.4 Å². The molecule has 2 aromatic rings. The predicted octanol–water partition coefficient (Wildman–Crippen LogP) is 3.09. The Labute approximate surface area is 146 Å². The molecular weight excluding hydrogens is 324 g/mol. The van der Waals surface area contributed by atoms with E-state index in [0.29, 0.717) is 17.0 Å². The molecule has 0 fully saturated rings. The van der Waals surface area contributed by atoms with Gasteiger partial charge < -0.3 is 10.1 Å². The predicted molar refractivity (Wildman–Crippen MR) is 97.5 cm³/mol. The lowest BCUT2D eigenvalue weighted by Crippen LogP contribution is -2.37. The number of rotatable bonds is 5. The summed E-state index contributed by atoms with van der Waals surface area (Å²) in [6.45, 7) is 3.29. The minimum absolute atomic E-state index is 0.0415. The first-order valence-corrected chi connectivity index (χ1v) is 7.76. The molecule has 0 saturated carbocycles. The van der Waals surface area contributed by atoms with Gasteiger partial charge in [0.1, 0.15) is 5.75 Å². The zero-order valence-electron chi connectivity index (χ0n) is 13.5. The highest BCUT2D eigenvalue weighted by Gasteiger charge is 2.07. The third-order valence-corrected chi connectivity index (χ3v) is 3.34. The number of amides is 1. The molecule has 0 bridgehead atoms. The summed E-state index contributed by atoms with van der Waals surface area (Å²) in [6, 6.07) is 14.3. The number of nitrogens with one attached hydrogen (secondary N) is 2. The molecule has 0 unspecified atom stereocenters. The molecule has 0 saturated heterocycles. The van der Waals surface area contributed by atoms with Crippen LogP contribution in [0.5, 0.6) is 5.75 Å². The fourth-order valence-electron chi connectivity index (χ4n) is 2.00. The quantitative estimate of drug-likeness (QED) is 0.646. The molecule has 124 valence electrons. The molecule has 0 aliphatic heterocycles. The number of carbonyl (C=O) groups excluding carboxylic acids is 2. The van der Waals surface area contributed by atoms with E-state index in [0.717, 1.165) is 5.56 Å². The zero-order chi connectivity index (χ0) is 17.5. The van der Waals surface area contributed by atoms with Gasteiger partial charge in [-0.05, 0) is 55.9 Å². The summed E-state index contributed by atoms with van der Waals surface area (Å²) in [7, 11) is 0. The Morgan fingerprint density at radius 2 is 1.88 bits per heavy atom. The second kappa shape index (κ2) is 8.21. The Bertz CT molecular complexity index is 774. The van der Waals surface area contributed by atoms with Crippen LogP contribution in [0, 0.1) is 6.92 Å². The van der Waals surface area contributed by atoms with Gasteiger partial charge in [0.25, 0.3) is 5.91 Å². The molecule has 2 aromatic carbocycles. The number of aryl methyl sites for hydroxylation is 1. The molecule has 0 radical (unpaired) electrons. The topological polar surface area (TPSA) is 67.4 Å². The number of thiocarbonyl (C=S) groups is 1. The molecule has 5 nitrogen and oxygen atoms in total. The van der Waals surface area contributed by atoms with E-state index in [-0.39, 0.29) is 23.4 Å². The fraction of sp³-hybridized carbons (Fsp3) is 0.167. The normalized spacial score (nSPS) is 9.92. The summed E-state index contributed by atoms with van der Waals surface area (Å²) >= 11 is 5.09. The zero-order valence-corrected chi connectivity index (χ0v) is 14.3. The van der Waals surface area contributed by atoms with Crippen LogP contribution >= 0.6 is 12.2 Å². The van der Waals surface area contributed by atoms with Crippen molar-refractivity contribution >= 4 is 34.7 Å². The van der Waals surface area contributed by atoms with Crippen LogP contribution in [0.15, 0.2) is 48.5 Å². The lowest BCUT2D eigenvalue weighted by Gasteiger charge is -2.11. The Balaban J connectivity index is 1.84. The summed E-state index contributed by atoms with van der Waals surface area (Å²) in [6.07, 6.45) is 0. The third-order valence-electron chi connectivity index (χ3n) is 3.14. The Hall–Kier alpha value is -2.73. The number of benzene rings is 2. The standard InChI is InChI=1S/C18H18N2O3S/c1-12-5-3-8-16(9-12)23-11-17(22)20-18(24)19-15-7-4-6-14(10-15)13(2)21/h3-10H,11H2,1-2H3,(H2,19,20,22,24). The van der Waals surface area contributed by atoms with Gasteiger partial charge in [0.2, 0.25) is 0 Å². The Morgan fingerprint density at radius 3 is 2.58 bits per heavy atom. The number of hydrogen-bond donors (Lipinski definition) is 2.